The Morgan fingerprint density at radius 1 is 1.22 bits per heavy atom. The molecule has 0 N–H and O–H groups in total. The number of aromatic nitrogens is 1. The Morgan fingerprint density at radius 2 is 1.72 bits per heavy atom. The van der Waals surface area contributed by atoms with Crippen molar-refractivity contribution in [1.29, 1.82) is 0 Å². The summed E-state index contributed by atoms with van der Waals surface area (Å²) in [4.78, 5) is 14.3. The number of pyridine rings is 1. The summed E-state index contributed by atoms with van der Waals surface area (Å²) in [7, 11) is 0. The van der Waals surface area contributed by atoms with Crippen molar-refractivity contribution in [3.63, 3.8) is 0 Å². The Kier molecular flexibility index (Phi) is 5.63. The quantitative estimate of drug-likeness (QED) is 0.293. The van der Waals surface area contributed by atoms with Gasteiger partial charge in [-0.1, -0.05) is 0 Å². The number of carbonyl (C=O) groups is 1. The summed E-state index contributed by atoms with van der Waals surface area (Å²) >= 11 is 3.88. The van der Waals surface area contributed by atoms with Crippen molar-refractivity contribution in [1.82, 2.24) is 4.90 Å². The molecule has 1 heterocycles. The molecule has 0 saturated heterocycles. The Morgan fingerprint density at radius 3 is 2.17 bits per heavy atom. The van der Waals surface area contributed by atoms with E-state index in [0.29, 0.717) is 13.0 Å². The van der Waals surface area contributed by atoms with Gasteiger partial charge >= 0.3 is 0 Å². The van der Waals surface area contributed by atoms with Gasteiger partial charge in [0, 0.05) is 63.3 Å². The monoisotopic (exact) mass is 474 g/mol. The van der Waals surface area contributed by atoms with Gasteiger partial charge in [-0.25, -0.2) is 0 Å². The molecule has 0 aliphatic carbocycles. The van der Waals surface area contributed by atoms with Gasteiger partial charge < -0.3 is 10.1 Å². The smallest absolute Gasteiger partial charge is 0.266 e. The van der Waals surface area contributed by atoms with Crippen LogP contribution in [-0.2, 0) is 0 Å². The van der Waals surface area contributed by atoms with E-state index in [2.05, 4.69) is 0 Å². The number of rotatable bonds is 3. The minimum Gasteiger partial charge on any atom is -0.617 e. The minimum atomic E-state index is -0.0922. The second-order valence-corrected chi connectivity index (χ2v) is 6.68. The lowest BCUT2D eigenvalue weighted by Crippen LogP contribution is -2.44. The highest BCUT2D eigenvalue weighted by molar-refractivity contribution is 14.1. The van der Waals surface area contributed by atoms with Gasteiger partial charge in [0.15, 0.2) is 0 Å². The van der Waals surface area contributed by atoms with E-state index in [4.69, 9.17) is 0 Å². The lowest BCUT2D eigenvalue weighted by molar-refractivity contribution is -0.632. The van der Waals surface area contributed by atoms with Crippen LogP contribution in [0.2, 0.25) is 0 Å². The van der Waals surface area contributed by atoms with Gasteiger partial charge in [-0.3, -0.25) is 4.79 Å². The van der Waals surface area contributed by atoms with E-state index in [9.17, 15) is 10.0 Å². The van der Waals surface area contributed by atoms with E-state index in [0.717, 1.165) is 4.73 Å². The number of hydrogen-bond acceptors (Lipinski definition) is 2. The van der Waals surface area contributed by atoms with Gasteiger partial charge in [-0.15, -0.1) is 0 Å². The van der Waals surface area contributed by atoms with Crippen LogP contribution in [0.15, 0.2) is 12.1 Å². The number of carbonyl (C=O) groups excluding carboxylic acids is 1. The highest BCUT2D eigenvalue weighted by Crippen LogP contribution is 2.16. The number of halogens is 2. The van der Waals surface area contributed by atoms with Crippen LogP contribution in [0.4, 0.5) is 0 Å². The van der Waals surface area contributed by atoms with Crippen LogP contribution in [-0.4, -0.2) is 22.9 Å². The Balaban J connectivity index is 3.22. The summed E-state index contributed by atoms with van der Waals surface area (Å²) < 4.78 is 1.78. The Labute approximate surface area is 135 Å². The van der Waals surface area contributed by atoms with Crippen molar-refractivity contribution in [3.05, 3.63) is 30.3 Å². The maximum Gasteiger partial charge on any atom is 0.266 e. The molecule has 0 bridgehead atoms. The molecule has 1 amide bonds. The van der Waals surface area contributed by atoms with Crippen molar-refractivity contribution in [2.75, 3.05) is 0 Å². The van der Waals surface area contributed by atoms with Gasteiger partial charge in [-0.05, 0) is 33.8 Å². The zero-order valence-corrected chi connectivity index (χ0v) is 15.1. The summed E-state index contributed by atoms with van der Waals surface area (Å²) in [6, 6.07) is 3.60. The van der Waals surface area contributed by atoms with Gasteiger partial charge in [0.2, 0.25) is 0 Å². The predicted molar refractivity (Wildman–Crippen MR) is 87.3 cm³/mol. The Hall–Kier alpha value is -0.120. The molecule has 4 nitrogen and oxygen atoms in total. The van der Waals surface area contributed by atoms with Crippen molar-refractivity contribution < 1.29 is 9.52 Å². The fraction of sp³-hybridized carbons (Fsp3) is 0.500. The van der Waals surface area contributed by atoms with E-state index in [1.54, 1.807) is 17.0 Å². The molecule has 6 heteroatoms. The van der Waals surface area contributed by atoms with Crippen molar-refractivity contribution >= 4 is 51.1 Å². The van der Waals surface area contributed by atoms with Crippen molar-refractivity contribution in [3.8, 4) is 0 Å². The van der Waals surface area contributed by atoms with E-state index >= 15 is 0 Å². The third kappa shape index (κ3) is 3.25. The fourth-order valence-corrected chi connectivity index (χ4v) is 3.41. The number of amides is 1. The Bertz CT molecular complexity index is 454. The summed E-state index contributed by atoms with van der Waals surface area (Å²) in [6.45, 7) is 7.90. The zero-order chi connectivity index (χ0) is 14.0. The van der Waals surface area contributed by atoms with Gasteiger partial charge in [-0.2, -0.15) is 4.73 Å². The standard InChI is InChI=1S/C12H16I2N2O2/c1-7(2)15(8(3)4)12(17)9-5-6-10(13)16(18)11(9)14/h5-8H,1-4H3. The molecule has 1 rings (SSSR count). The number of nitrogens with zero attached hydrogens (tertiary/aromatic N) is 2. The molecule has 0 atom stereocenters. The van der Waals surface area contributed by atoms with Gasteiger partial charge in [0.05, 0.1) is 0 Å². The third-order valence-electron chi connectivity index (χ3n) is 2.56. The molecule has 1 aromatic rings. The van der Waals surface area contributed by atoms with E-state index in [-0.39, 0.29) is 18.0 Å². The average Bonchev–Trinajstić information content (AvgIpc) is 2.24. The van der Waals surface area contributed by atoms with Crippen LogP contribution in [0.5, 0.6) is 0 Å². The summed E-state index contributed by atoms with van der Waals surface area (Å²) in [6.07, 6.45) is 0. The van der Waals surface area contributed by atoms with Crippen LogP contribution < -0.4 is 4.73 Å². The molecule has 0 fully saturated rings. The lowest BCUT2D eigenvalue weighted by atomic mass is 10.1. The van der Waals surface area contributed by atoms with E-state index in [1.807, 2.05) is 72.9 Å². The van der Waals surface area contributed by atoms with Crippen LogP contribution in [0.1, 0.15) is 38.1 Å². The second-order valence-electron chi connectivity index (χ2n) is 4.55. The summed E-state index contributed by atoms with van der Waals surface area (Å²) in [5.74, 6) is -0.0922. The first-order chi connectivity index (χ1) is 8.27. The molecule has 1 aromatic heterocycles. The largest absolute Gasteiger partial charge is 0.617 e. The second kappa shape index (κ2) is 6.36. The first-order valence-corrected chi connectivity index (χ1v) is 7.83. The van der Waals surface area contributed by atoms with E-state index in [1.165, 1.54) is 0 Å². The maximum atomic E-state index is 12.5. The molecule has 0 aromatic carbocycles. The van der Waals surface area contributed by atoms with Crippen LogP contribution in [0.3, 0.4) is 0 Å². The number of hydrogen-bond donors (Lipinski definition) is 0. The molecule has 18 heavy (non-hydrogen) atoms. The highest BCUT2D eigenvalue weighted by Gasteiger charge is 2.27. The van der Waals surface area contributed by atoms with Gasteiger partial charge in [0.25, 0.3) is 13.3 Å². The topological polar surface area (TPSA) is 47.2 Å². The molecule has 0 aliphatic heterocycles. The lowest BCUT2D eigenvalue weighted by Gasteiger charge is -2.30. The molecule has 0 spiro atoms. The molecule has 100 valence electrons. The van der Waals surface area contributed by atoms with Crippen LogP contribution in [0, 0.1) is 12.6 Å². The van der Waals surface area contributed by atoms with Gasteiger partial charge in [0.1, 0.15) is 5.56 Å². The first-order valence-electron chi connectivity index (χ1n) is 5.67. The molecule has 0 unspecified atom stereocenters. The molecule has 0 aliphatic rings. The van der Waals surface area contributed by atoms with Crippen LogP contribution in [0.25, 0.3) is 0 Å². The highest BCUT2D eigenvalue weighted by atomic mass is 127. The molecular formula is C12H16I2N2O2. The zero-order valence-electron chi connectivity index (χ0n) is 10.8. The molecule has 0 saturated carbocycles. The maximum absolute atomic E-state index is 12.5. The van der Waals surface area contributed by atoms with Crippen molar-refractivity contribution in [2.45, 2.75) is 39.8 Å². The summed E-state index contributed by atoms with van der Waals surface area (Å²) in [5, 5.41) is 11.8. The van der Waals surface area contributed by atoms with E-state index < -0.39 is 0 Å². The average molecular weight is 474 g/mol. The molecular weight excluding hydrogens is 458 g/mol. The summed E-state index contributed by atoms with van der Waals surface area (Å²) in [5.41, 5.74) is 0.466. The first kappa shape index (κ1) is 15.9. The predicted octanol–water partition coefficient (Wildman–Crippen LogP) is 2.79. The molecule has 0 radical (unpaired) electrons. The fourth-order valence-electron chi connectivity index (χ4n) is 1.86. The normalized spacial score (nSPS) is 11.1. The minimum absolute atomic E-state index is 0.0922. The SMILES string of the molecule is CC(C)N(C(=O)c1ccc(I)[n+]([O-])c1I)C(C)C. The van der Waals surface area contributed by atoms with Crippen molar-refractivity contribution in [2.24, 2.45) is 0 Å². The van der Waals surface area contributed by atoms with Crippen LogP contribution >= 0.6 is 45.2 Å². The third-order valence-corrected chi connectivity index (χ3v) is 4.38.